The SMILES string of the molecule is CC1=CC(C)(C)N(C(=O)c2ccc(Cl)cc2)c2ccc(OC(=O)c3cccc(Cl)c3)cc21. The Morgan fingerprint density at radius 1 is 0.875 bits per heavy atom. The number of halogens is 2. The summed E-state index contributed by atoms with van der Waals surface area (Å²) in [5.41, 5.74) is 2.92. The summed E-state index contributed by atoms with van der Waals surface area (Å²) in [4.78, 5) is 27.7. The van der Waals surface area contributed by atoms with Gasteiger partial charge in [-0.2, -0.15) is 0 Å². The van der Waals surface area contributed by atoms with Gasteiger partial charge in [-0.3, -0.25) is 9.69 Å². The van der Waals surface area contributed by atoms with Crippen LogP contribution in [-0.4, -0.2) is 17.4 Å². The average Bonchev–Trinajstić information content (AvgIpc) is 2.74. The fraction of sp³-hybridized carbons (Fsp3) is 0.154. The number of allylic oxidation sites excluding steroid dienone is 1. The van der Waals surface area contributed by atoms with Crippen molar-refractivity contribution in [3.05, 3.63) is 99.5 Å². The molecule has 4 nitrogen and oxygen atoms in total. The maximum atomic E-state index is 13.4. The van der Waals surface area contributed by atoms with Crippen LogP contribution < -0.4 is 9.64 Å². The van der Waals surface area contributed by atoms with Gasteiger partial charge in [0.1, 0.15) is 5.75 Å². The highest BCUT2D eigenvalue weighted by Crippen LogP contribution is 2.41. The van der Waals surface area contributed by atoms with Gasteiger partial charge in [-0.25, -0.2) is 4.79 Å². The van der Waals surface area contributed by atoms with Gasteiger partial charge in [0.25, 0.3) is 5.91 Å². The molecular weight excluding hydrogens is 445 g/mol. The Kier molecular flexibility index (Phi) is 5.85. The van der Waals surface area contributed by atoms with Crippen LogP contribution in [0.5, 0.6) is 5.75 Å². The third-order valence-electron chi connectivity index (χ3n) is 5.34. The number of amides is 1. The van der Waals surface area contributed by atoms with Crippen LogP contribution in [0.3, 0.4) is 0 Å². The van der Waals surface area contributed by atoms with Gasteiger partial charge in [-0.1, -0.05) is 35.3 Å². The van der Waals surface area contributed by atoms with Crippen molar-refractivity contribution in [1.82, 2.24) is 0 Å². The maximum Gasteiger partial charge on any atom is 0.343 e. The highest BCUT2D eigenvalue weighted by atomic mass is 35.5. The number of benzene rings is 3. The second-order valence-corrected chi connectivity index (χ2v) is 9.08. The van der Waals surface area contributed by atoms with Gasteiger partial charge in [0.05, 0.1) is 16.8 Å². The Hall–Kier alpha value is -3.08. The predicted molar refractivity (Wildman–Crippen MR) is 129 cm³/mol. The van der Waals surface area contributed by atoms with Gasteiger partial charge >= 0.3 is 5.97 Å². The van der Waals surface area contributed by atoms with E-state index in [4.69, 9.17) is 27.9 Å². The average molecular weight is 466 g/mol. The largest absolute Gasteiger partial charge is 0.423 e. The molecule has 0 unspecified atom stereocenters. The van der Waals surface area contributed by atoms with E-state index in [0.717, 1.165) is 16.8 Å². The third-order valence-corrected chi connectivity index (χ3v) is 5.83. The molecular formula is C26H21Cl2NO3. The quantitative estimate of drug-likeness (QED) is 0.307. The van der Waals surface area contributed by atoms with Crippen molar-refractivity contribution in [2.75, 3.05) is 4.90 Å². The lowest BCUT2D eigenvalue weighted by molar-refractivity contribution is 0.0734. The van der Waals surface area contributed by atoms with Crippen molar-refractivity contribution >= 4 is 46.3 Å². The molecule has 0 N–H and O–H groups in total. The lowest BCUT2D eigenvalue weighted by Crippen LogP contribution is -2.49. The first-order valence-corrected chi connectivity index (χ1v) is 10.8. The smallest absolute Gasteiger partial charge is 0.343 e. The lowest BCUT2D eigenvalue weighted by Gasteiger charge is -2.41. The first kappa shape index (κ1) is 22.1. The van der Waals surface area contributed by atoms with Gasteiger partial charge in [-0.05, 0) is 87.0 Å². The predicted octanol–water partition coefficient (Wildman–Crippen LogP) is 7.05. The number of anilines is 1. The molecule has 0 saturated carbocycles. The first-order chi connectivity index (χ1) is 15.2. The second-order valence-electron chi connectivity index (χ2n) is 8.21. The molecule has 0 spiro atoms. The zero-order chi connectivity index (χ0) is 23.0. The van der Waals surface area contributed by atoms with Crippen molar-refractivity contribution in [3.63, 3.8) is 0 Å². The molecule has 1 amide bonds. The van der Waals surface area contributed by atoms with Crippen LogP contribution in [0.25, 0.3) is 5.57 Å². The highest BCUT2D eigenvalue weighted by molar-refractivity contribution is 6.31. The van der Waals surface area contributed by atoms with E-state index in [1.165, 1.54) is 0 Å². The van der Waals surface area contributed by atoms with Crippen LogP contribution in [0.1, 0.15) is 47.1 Å². The topological polar surface area (TPSA) is 46.6 Å². The van der Waals surface area contributed by atoms with Crippen LogP contribution in [0, 0.1) is 0 Å². The van der Waals surface area contributed by atoms with E-state index in [2.05, 4.69) is 0 Å². The molecule has 1 aliphatic rings. The minimum absolute atomic E-state index is 0.139. The zero-order valence-corrected chi connectivity index (χ0v) is 19.4. The summed E-state index contributed by atoms with van der Waals surface area (Å²) in [5, 5.41) is 1.03. The normalized spacial score (nSPS) is 14.4. The monoisotopic (exact) mass is 465 g/mol. The van der Waals surface area contributed by atoms with Gasteiger partial charge in [-0.15, -0.1) is 0 Å². The number of hydrogen-bond donors (Lipinski definition) is 0. The molecule has 1 aliphatic heterocycles. The molecule has 0 bridgehead atoms. The Bertz CT molecular complexity index is 1250. The minimum Gasteiger partial charge on any atom is -0.423 e. The summed E-state index contributed by atoms with van der Waals surface area (Å²) >= 11 is 12.0. The van der Waals surface area contributed by atoms with Gasteiger partial charge in [0.2, 0.25) is 0 Å². The van der Waals surface area contributed by atoms with Crippen molar-refractivity contribution in [2.24, 2.45) is 0 Å². The molecule has 1 heterocycles. The second kappa shape index (κ2) is 8.45. The van der Waals surface area contributed by atoms with E-state index in [-0.39, 0.29) is 5.91 Å². The third kappa shape index (κ3) is 4.29. The highest BCUT2D eigenvalue weighted by Gasteiger charge is 2.36. The number of nitrogens with zero attached hydrogens (tertiary/aromatic N) is 1. The summed E-state index contributed by atoms with van der Waals surface area (Å²) in [5.74, 6) is -0.250. The lowest BCUT2D eigenvalue weighted by atomic mass is 9.88. The van der Waals surface area contributed by atoms with Gasteiger partial charge in [0.15, 0.2) is 0 Å². The minimum atomic E-state index is -0.549. The van der Waals surface area contributed by atoms with Crippen molar-refractivity contribution < 1.29 is 14.3 Å². The molecule has 32 heavy (non-hydrogen) atoms. The molecule has 0 atom stereocenters. The van der Waals surface area contributed by atoms with E-state index in [1.807, 2.05) is 32.9 Å². The van der Waals surface area contributed by atoms with Crippen LogP contribution in [-0.2, 0) is 0 Å². The molecule has 162 valence electrons. The number of hydrogen-bond acceptors (Lipinski definition) is 3. The summed E-state index contributed by atoms with van der Waals surface area (Å²) in [6.07, 6.45) is 2.03. The van der Waals surface area contributed by atoms with Crippen molar-refractivity contribution in [2.45, 2.75) is 26.3 Å². The van der Waals surface area contributed by atoms with Gasteiger partial charge < -0.3 is 4.74 Å². The summed E-state index contributed by atoms with van der Waals surface area (Å²) in [7, 11) is 0. The summed E-state index contributed by atoms with van der Waals surface area (Å²) < 4.78 is 5.57. The van der Waals surface area contributed by atoms with E-state index < -0.39 is 11.5 Å². The van der Waals surface area contributed by atoms with E-state index >= 15 is 0 Å². The molecule has 3 aromatic rings. The fourth-order valence-corrected chi connectivity index (χ4v) is 4.26. The van der Waals surface area contributed by atoms with E-state index in [9.17, 15) is 9.59 Å². The molecule has 0 aliphatic carbocycles. The van der Waals surface area contributed by atoms with Crippen LogP contribution in [0.15, 0.2) is 72.8 Å². The number of fused-ring (bicyclic) bond motifs is 1. The van der Waals surface area contributed by atoms with Crippen LogP contribution >= 0.6 is 23.2 Å². The van der Waals surface area contributed by atoms with Gasteiger partial charge in [0, 0.05) is 21.2 Å². The molecule has 3 aromatic carbocycles. The van der Waals surface area contributed by atoms with Crippen LogP contribution in [0.2, 0.25) is 10.0 Å². The molecule has 0 radical (unpaired) electrons. The number of carbonyl (C=O) groups excluding carboxylic acids is 2. The molecule has 4 rings (SSSR count). The van der Waals surface area contributed by atoms with Crippen LogP contribution in [0.4, 0.5) is 5.69 Å². The Balaban J connectivity index is 1.69. The summed E-state index contributed by atoms with van der Waals surface area (Å²) in [6, 6.07) is 18.7. The summed E-state index contributed by atoms with van der Waals surface area (Å²) in [6.45, 7) is 5.95. The first-order valence-electron chi connectivity index (χ1n) is 10.1. The zero-order valence-electron chi connectivity index (χ0n) is 17.9. The Morgan fingerprint density at radius 2 is 1.59 bits per heavy atom. The Labute approximate surface area is 197 Å². The maximum absolute atomic E-state index is 13.4. The number of carbonyl (C=O) groups is 2. The molecule has 0 aromatic heterocycles. The standard InChI is InChI=1S/C26H21Cl2NO3/c1-16-15-26(2,3)29(24(30)17-7-9-19(27)10-8-17)23-12-11-21(14-22(16)23)32-25(31)18-5-4-6-20(28)13-18/h4-15H,1-3H3. The number of rotatable bonds is 3. The molecule has 0 saturated heterocycles. The Morgan fingerprint density at radius 3 is 2.28 bits per heavy atom. The van der Waals surface area contributed by atoms with E-state index in [1.54, 1.807) is 65.6 Å². The number of ether oxygens (including phenoxy) is 1. The van der Waals surface area contributed by atoms with Crippen molar-refractivity contribution in [1.29, 1.82) is 0 Å². The fourth-order valence-electron chi connectivity index (χ4n) is 3.95. The van der Waals surface area contributed by atoms with Crippen molar-refractivity contribution in [3.8, 4) is 5.75 Å². The number of esters is 1. The molecule has 0 fully saturated rings. The van der Waals surface area contributed by atoms with E-state index in [0.29, 0.717) is 26.9 Å². The molecule has 6 heteroatoms.